The molecule has 8 N–H and O–H groups in total. The highest BCUT2D eigenvalue weighted by Gasteiger charge is 2.59. The minimum Gasteiger partial charge on any atom is -0.387 e. The van der Waals surface area contributed by atoms with Gasteiger partial charge < -0.3 is 45.2 Å². The number of anilines is 1. The fourth-order valence-corrected chi connectivity index (χ4v) is 11.1. The zero-order chi connectivity index (χ0) is 31.1. The molecule has 4 bridgehead atoms. The number of rotatable bonds is 9. The van der Waals surface area contributed by atoms with Gasteiger partial charge in [0.25, 0.3) is 0 Å². The number of imidazole rings is 1. The number of carbonyl (C=O) groups excluding carboxylic acids is 1. The standard InChI is InChI=1S/C24H35ClN6O10P2/c1-23-3-11-2-12(4-23)6-24(5-11,8-23)17(26)20(34)28-18-14-19(30-22(25)29-18)31(9-27-14)21-16(33)15(32)13(41-21)7-40-43(38,39)10-42(35,36)37/h9,11-13,15-17,21,32-33H,2-8,10,26H2,1H3,(H,38,39)(H2,35,36,37)(H,28,29,30,34)/t11?,12?,13-,15?,16?,17?,21-,23?,24?/m1/s1. The molecule has 1 aliphatic heterocycles. The molecule has 7 rings (SSSR count). The number of nitrogens with one attached hydrogen (secondary N) is 1. The maximum absolute atomic E-state index is 13.6. The maximum atomic E-state index is 13.6. The summed E-state index contributed by atoms with van der Waals surface area (Å²) in [6.45, 7) is 1.54. The van der Waals surface area contributed by atoms with Crippen LogP contribution in [0.3, 0.4) is 0 Å². The molecular weight excluding hydrogens is 630 g/mol. The van der Waals surface area contributed by atoms with Gasteiger partial charge in [-0.05, 0) is 72.8 Å². The Morgan fingerprint density at radius 2 is 1.88 bits per heavy atom. The number of nitrogens with zero attached hydrogens (tertiary/aromatic N) is 4. The molecule has 6 unspecified atom stereocenters. The van der Waals surface area contributed by atoms with E-state index in [1.54, 1.807) is 0 Å². The average Bonchev–Trinajstić information content (AvgIpc) is 3.40. The zero-order valence-electron chi connectivity index (χ0n) is 23.2. The van der Waals surface area contributed by atoms with Crippen molar-refractivity contribution >= 4 is 49.7 Å². The zero-order valence-corrected chi connectivity index (χ0v) is 25.7. The van der Waals surface area contributed by atoms with E-state index in [1.807, 2.05) is 0 Å². The van der Waals surface area contributed by atoms with Gasteiger partial charge in [0.1, 0.15) is 18.3 Å². The molecule has 0 aromatic carbocycles. The molecule has 0 spiro atoms. The number of hydrogen-bond acceptors (Lipinski definition) is 11. The molecule has 2 aromatic heterocycles. The lowest BCUT2D eigenvalue weighted by Crippen LogP contribution is -2.60. The first-order valence-corrected chi connectivity index (χ1v) is 17.9. The topological polar surface area (TPSA) is 252 Å². The lowest BCUT2D eigenvalue weighted by atomic mass is 9.43. The minimum absolute atomic E-state index is 0.0108. The number of carbonyl (C=O) groups is 1. The Bertz CT molecular complexity index is 1520. The second-order valence-electron chi connectivity index (χ2n) is 13.1. The van der Waals surface area contributed by atoms with E-state index in [0.717, 1.165) is 19.3 Å². The highest BCUT2D eigenvalue weighted by molar-refractivity contribution is 7.70. The highest BCUT2D eigenvalue weighted by atomic mass is 35.5. The number of aliphatic hydroxyl groups is 2. The summed E-state index contributed by atoms with van der Waals surface area (Å²) in [5.74, 6) is -0.685. The van der Waals surface area contributed by atoms with Crippen LogP contribution in [0.2, 0.25) is 5.28 Å². The van der Waals surface area contributed by atoms with Crippen molar-refractivity contribution < 1.29 is 48.1 Å². The summed E-state index contributed by atoms with van der Waals surface area (Å²) >= 11 is 6.20. The van der Waals surface area contributed by atoms with E-state index >= 15 is 0 Å². The minimum atomic E-state index is -4.87. The second-order valence-corrected chi connectivity index (χ2v) is 17.4. The number of fused-ring (bicyclic) bond motifs is 1. The predicted octanol–water partition coefficient (Wildman–Crippen LogP) is 1.31. The summed E-state index contributed by atoms with van der Waals surface area (Å²) in [6, 6.07) is -0.771. The number of aliphatic hydroxyl groups excluding tert-OH is 2. The van der Waals surface area contributed by atoms with E-state index < -0.39 is 64.2 Å². The van der Waals surface area contributed by atoms with Crippen molar-refractivity contribution in [3.8, 4) is 0 Å². The summed E-state index contributed by atoms with van der Waals surface area (Å²) in [5, 5.41) is 23.8. The highest BCUT2D eigenvalue weighted by Crippen LogP contribution is 2.66. The van der Waals surface area contributed by atoms with Crippen LogP contribution in [0.1, 0.15) is 51.7 Å². The number of hydrogen-bond donors (Lipinski definition) is 7. The molecule has 238 valence electrons. The lowest BCUT2D eigenvalue weighted by Gasteiger charge is -2.62. The maximum Gasteiger partial charge on any atom is 0.340 e. The van der Waals surface area contributed by atoms with E-state index in [9.17, 15) is 29.0 Å². The molecule has 19 heteroatoms. The smallest absolute Gasteiger partial charge is 0.340 e. The fraction of sp³-hybridized carbons (Fsp3) is 0.750. The van der Waals surface area contributed by atoms with Gasteiger partial charge in [0.15, 0.2) is 29.1 Å². The molecule has 0 radical (unpaired) electrons. The second kappa shape index (κ2) is 10.8. The molecule has 5 fully saturated rings. The van der Waals surface area contributed by atoms with Gasteiger partial charge in [-0.2, -0.15) is 9.97 Å². The van der Waals surface area contributed by atoms with Crippen molar-refractivity contribution in [1.82, 2.24) is 19.5 Å². The van der Waals surface area contributed by atoms with Crippen LogP contribution in [-0.4, -0.2) is 87.2 Å². The SMILES string of the molecule is CC12CC3CC(C1)CC(C(N)C(=O)Nc1nc(Cl)nc4c1ncn4[C@@H]1O[C@H](COP(=O)(O)CP(=O)(O)O)C(O)C1O)(C3)C2. The van der Waals surface area contributed by atoms with Crippen LogP contribution in [-0.2, 0) is 23.2 Å². The predicted molar refractivity (Wildman–Crippen MR) is 151 cm³/mol. The third-order valence-electron chi connectivity index (χ3n) is 9.39. The normalized spacial score (nSPS) is 37.5. The molecule has 4 aliphatic carbocycles. The number of ether oxygens (including phenoxy) is 1. The van der Waals surface area contributed by atoms with Gasteiger partial charge in [-0.15, -0.1) is 0 Å². The molecular formula is C24H35ClN6O10P2. The molecule has 1 amide bonds. The monoisotopic (exact) mass is 664 g/mol. The lowest BCUT2D eigenvalue weighted by molar-refractivity contribution is -0.137. The number of nitrogens with two attached hydrogens (primary N) is 1. The molecule has 5 aliphatic rings. The Balaban J connectivity index is 1.20. The fourth-order valence-electron chi connectivity index (χ4n) is 8.36. The van der Waals surface area contributed by atoms with Crippen LogP contribution in [0.5, 0.6) is 0 Å². The Morgan fingerprint density at radius 1 is 1.21 bits per heavy atom. The third kappa shape index (κ3) is 6.05. The van der Waals surface area contributed by atoms with Crippen LogP contribution >= 0.6 is 26.8 Å². The first-order valence-electron chi connectivity index (χ1n) is 14.0. The molecule has 16 nitrogen and oxygen atoms in total. The first-order chi connectivity index (χ1) is 20.0. The van der Waals surface area contributed by atoms with Gasteiger partial charge in [0.05, 0.1) is 19.0 Å². The number of amides is 1. The van der Waals surface area contributed by atoms with Crippen molar-refractivity contribution in [2.24, 2.45) is 28.4 Å². The van der Waals surface area contributed by atoms with Gasteiger partial charge in [-0.25, -0.2) is 4.98 Å². The summed E-state index contributed by atoms with van der Waals surface area (Å²) in [6.07, 6.45) is 1.60. The summed E-state index contributed by atoms with van der Waals surface area (Å²) in [4.78, 5) is 53.8. The number of halogens is 1. The Hall–Kier alpha value is -1.55. The quantitative estimate of drug-likeness (QED) is 0.147. The Morgan fingerprint density at radius 3 is 2.51 bits per heavy atom. The van der Waals surface area contributed by atoms with Crippen LogP contribution in [0.25, 0.3) is 11.2 Å². The van der Waals surface area contributed by atoms with E-state index in [4.69, 9.17) is 36.4 Å². The van der Waals surface area contributed by atoms with Crippen LogP contribution < -0.4 is 11.1 Å². The van der Waals surface area contributed by atoms with Crippen LogP contribution in [0.15, 0.2) is 6.33 Å². The summed E-state index contributed by atoms with van der Waals surface area (Å²) in [5.41, 5.74) is 6.73. The van der Waals surface area contributed by atoms with Crippen molar-refractivity contribution in [2.75, 3.05) is 17.8 Å². The van der Waals surface area contributed by atoms with Gasteiger partial charge in [0.2, 0.25) is 11.2 Å². The van der Waals surface area contributed by atoms with E-state index in [1.165, 1.54) is 30.2 Å². The number of aromatic nitrogens is 4. The Labute approximate surface area is 251 Å². The molecule has 1 saturated heterocycles. The molecule has 2 aromatic rings. The Kier molecular flexibility index (Phi) is 7.87. The third-order valence-corrected chi connectivity index (χ3v) is 13.0. The van der Waals surface area contributed by atoms with Crippen molar-refractivity contribution in [2.45, 2.75) is 76.0 Å². The molecule has 8 atom stereocenters. The van der Waals surface area contributed by atoms with Crippen molar-refractivity contribution in [1.29, 1.82) is 0 Å². The largest absolute Gasteiger partial charge is 0.387 e. The van der Waals surface area contributed by atoms with Gasteiger partial charge in [-0.3, -0.25) is 18.5 Å². The van der Waals surface area contributed by atoms with Gasteiger partial charge in [-0.1, -0.05) is 6.92 Å². The van der Waals surface area contributed by atoms with Crippen LogP contribution in [0.4, 0.5) is 5.82 Å². The van der Waals surface area contributed by atoms with E-state index in [-0.39, 0.29) is 33.1 Å². The van der Waals surface area contributed by atoms with Gasteiger partial charge >= 0.3 is 15.2 Å². The van der Waals surface area contributed by atoms with E-state index in [0.29, 0.717) is 11.8 Å². The molecule has 3 heterocycles. The summed E-state index contributed by atoms with van der Waals surface area (Å²) in [7, 11) is -9.60. The van der Waals surface area contributed by atoms with Gasteiger partial charge in [0, 0.05) is 0 Å². The van der Waals surface area contributed by atoms with Crippen molar-refractivity contribution in [3.05, 3.63) is 11.6 Å². The summed E-state index contributed by atoms with van der Waals surface area (Å²) < 4.78 is 34.8. The van der Waals surface area contributed by atoms with E-state index in [2.05, 4.69) is 27.2 Å². The first kappa shape index (κ1) is 31.4. The van der Waals surface area contributed by atoms with Crippen LogP contribution in [0, 0.1) is 22.7 Å². The van der Waals surface area contributed by atoms with Crippen molar-refractivity contribution in [3.63, 3.8) is 0 Å². The molecule has 4 saturated carbocycles. The average molecular weight is 665 g/mol. The molecule has 43 heavy (non-hydrogen) atoms.